The summed E-state index contributed by atoms with van der Waals surface area (Å²) >= 11 is 0. The Morgan fingerprint density at radius 3 is 2.38 bits per heavy atom. The van der Waals surface area contributed by atoms with Crippen LogP contribution in [0.5, 0.6) is 0 Å². The van der Waals surface area contributed by atoms with Crippen molar-refractivity contribution in [3.63, 3.8) is 0 Å². The van der Waals surface area contributed by atoms with Gasteiger partial charge in [0, 0.05) is 17.3 Å². The average molecular weight is 359 g/mol. The number of aryl methyl sites for hydroxylation is 1. The Morgan fingerprint density at radius 2 is 1.81 bits per heavy atom. The fraction of sp³-hybridized carbons (Fsp3) is 0.450. The molecule has 0 aliphatic rings. The summed E-state index contributed by atoms with van der Waals surface area (Å²) in [6.45, 7) is 11.7. The number of carbonyl (C=O) groups is 1. The highest BCUT2D eigenvalue weighted by molar-refractivity contribution is 5.92. The zero-order chi connectivity index (χ0) is 19.7. The summed E-state index contributed by atoms with van der Waals surface area (Å²) < 4.78 is 15.4. The molecule has 140 valence electrons. The number of nitrogens with zero attached hydrogens (tertiary/aromatic N) is 2. The first kappa shape index (κ1) is 19.8. The van der Waals surface area contributed by atoms with Crippen molar-refractivity contribution < 1.29 is 9.18 Å². The molecule has 0 radical (unpaired) electrons. The van der Waals surface area contributed by atoms with E-state index in [9.17, 15) is 14.0 Å². The van der Waals surface area contributed by atoms with Gasteiger partial charge in [0.05, 0.1) is 0 Å². The number of amides is 1. The highest BCUT2D eigenvalue weighted by atomic mass is 19.1. The van der Waals surface area contributed by atoms with Gasteiger partial charge in [-0.2, -0.15) is 5.10 Å². The van der Waals surface area contributed by atoms with E-state index in [1.165, 1.54) is 16.8 Å². The first-order valence-corrected chi connectivity index (χ1v) is 8.58. The molecule has 0 spiro atoms. The highest BCUT2D eigenvalue weighted by Gasteiger charge is 2.29. The van der Waals surface area contributed by atoms with Crippen LogP contribution in [0.1, 0.15) is 57.2 Å². The predicted octanol–water partition coefficient (Wildman–Crippen LogP) is 3.62. The highest BCUT2D eigenvalue weighted by Crippen LogP contribution is 2.26. The summed E-state index contributed by atoms with van der Waals surface area (Å²) in [5.74, 6) is -1.04. The zero-order valence-electron chi connectivity index (χ0n) is 16.2. The van der Waals surface area contributed by atoms with Gasteiger partial charge in [-0.25, -0.2) is 9.07 Å². The maximum atomic E-state index is 14.1. The molecule has 1 N–H and O–H groups in total. The third-order valence-corrected chi connectivity index (χ3v) is 3.83. The molecule has 0 aliphatic heterocycles. The molecule has 0 aliphatic carbocycles. The van der Waals surface area contributed by atoms with Crippen LogP contribution >= 0.6 is 0 Å². The Bertz CT molecular complexity index is 879. The number of halogens is 1. The summed E-state index contributed by atoms with van der Waals surface area (Å²) in [7, 11) is 0. The molecule has 26 heavy (non-hydrogen) atoms. The molecule has 0 unspecified atom stereocenters. The third kappa shape index (κ3) is 4.77. The van der Waals surface area contributed by atoms with E-state index in [2.05, 4.69) is 31.2 Å². The van der Waals surface area contributed by atoms with E-state index in [1.807, 2.05) is 13.8 Å². The first-order chi connectivity index (χ1) is 11.9. The Morgan fingerprint density at radius 1 is 1.19 bits per heavy atom. The van der Waals surface area contributed by atoms with Gasteiger partial charge in [-0.05, 0) is 44.7 Å². The van der Waals surface area contributed by atoms with E-state index in [1.54, 1.807) is 25.1 Å². The molecule has 6 heteroatoms. The van der Waals surface area contributed by atoms with E-state index < -0.39 is 22.7 Å². The largest absolute Gasteiger partial charge is 0.346 e. The fourth-order valence-corrected chi connectivity index (χ4v) is 3.31. The van der Waals surface area contributed by atoms with Gasteiger partial charge >= 0.3 is 0 Å². The minimum atomic E-state index is -0.561. The van der Waals surface area contributed by atoms with Gasteiger partial charge in [0.1, 0.15) is 11.5 Å². The topological polar surface area (TPSA) is 64.0 Å². The maximum Gasteiger partial charge on any atom is 0.276 e. The Hall–Kier alpha value is -2.50. The number of carbonyl (C=O) groups excluding carboxylic acids is 1. The quantitative estimate of drug-likeness (QED) is 0.907. The van der Waals surface area contributed by atoms with Crippen molar-refractivity contribution in [1.82, 2.24) is 15.1 Å². The molecule has 1 aromatic heterocycles. The van der Waals surface area contributed by atoms with E-state index in [0.717, 1.165) is 6.42 Å². The molecule has 1 heterocycles. The second-order valence-corrected chi connectivity index (χ2v) is 8.44. The van der Waals surface area contributed by atoms with Crippen LogP contribution in [0.4, 0.5) is 4.39 Å². The fourth-order valence-electron chi connectivity index (χ4n) is 3.31. The summed E-state index contributed by atoms with van der Waals surface area (Å²) in [4.78, 5) is 25.0. The molecule has 1 amide bonds. The number of benzene rings is 1. The molecule has 2 aromatic rings. The van der Waals surface area contributed by atoms with Crippen LogP contribution in [0.2, 0.25) is 0 Å². The monoisotopic (exact) mass is 359 g/mol. The van der Waals surface area contributed by atoms with Gasteiger partial charge in [0.25, 0.3) is 5.91 Å². The lowest BCUT2D eigenvalue weighted by atomic mass is 9.82. The lowest BCUT2D eigenvalue weighted by Gasteiger charge is -2.33. The summed E-state index contributed by atoms with van der Waals surface area (Å²) in [5, 5.41) is 7.01. The van der Waals surface area contributed by atoms with Crippen molar-refractivity contribution in [3.8, 4) is 5.69 Å². The van der Waals surface area contributed by atoms with E-state index in [-0.39, 0.29) is 16.8 Å². The van der Waals surface area contributed by atoms with E-state index >= 15 is 0 Å². The number of rotatable bonds is 4. The molecule has 0 saturated carbocycles. The van der Waals surface area contributed by atoms with Gasteiger partial charge in [-0.1, -0.05) is 32.9 Å². The van der Waals surface area contributed by atoms with E-state index in [0.29, 0.717) is 5.69 Å². The Balaban J connectivity index is 2.41. The second-order valence-electron chi connectivity index (χ2n) is 8.44. The van der Waals surface area contributed by atoms with Crippen molar-refractivity contribution in [3.05, 3.63) is 57.8 Å². The van der Waals surface area contributed by atoms with Gasteiger partial charge in [-0.15, -0.1) is 0 Å². The molecule has 0 bridgehead atoms. The molecule has 0 saturated heterocycles. The van der Waals surface area contributed by atoms with Gasteiger partial charge in [-0.3, -0.25) is 9.59 Å². The predicted molar refractivity (Wildman–Crippen MR) is 100 cm³/mol. The molecule has 2 rings (SSSR count). The standard InChI is InChI=1S/C20H26FN3O2/c1-13-11-16(25)17(18(26)22-20(5,6)12-19(2,3)4)23-24(13)15-10-8-7-9-14(15)21/h7-11H,12H2,1-6H3,(H,22,26). The lowest BCUT2D eigenvalue weighted by Crippen LogP contribution is -2.47. The van der Waals surface area contributed by atoms with Gasteiger partial charge in [0.15, 0.2) is 5.69 Å². The van der Waals surface area contributed by atoms with Crippen LogP contribution in [0.3, 0.4) is 0 Å². The van der Waals surface area contributed by atoms with Crippen LogP contribution in [0.15, 0.2) is 35.1 Å². The summed E-state index contributed by atoms with van der Waals surface area (Å²) in [5.41, 5.74) is -0.610. The minimum absolute atomic E-state index is 0.00482. The van der Waals surface area contributed by atoms with Crippen molar-refractivity contribution in [2.24, 2.45) is 5.41 Å². The van der Waals surface area contributed by atoms with Crippen molar-refractivity contribution in [2.75, 3.05) is 0 Å². The number of aromatic nitrogens is 2. The average Bonchev–Trinajstić information content (AvgIpc) is 2.45. The molecule has 0 atom stereocenters. The van der Waals surface area contributed by atoms with Gasteiger partial charge < -0.3 is 5.32 Å². The smallest absolute Gasteiger partial charge is 0.276 e. The molecular weight excluding hydrogens is 333 g/mol. The van der Waals surface area contributed by atoms with Crippen LogP contribution in [0.25, 0.3) is 5.69 Å². The van der Waals surface area contributed by atoms with Crippen molar-refractivity contribution in [2.45, 2.75) is 53.5 Å². The summed E-state index contributed by atoms with van der Waals surface area (Å²) in [6, 6.07) is 7.39. The number of para-hydroxylation sites is 1. The van der Waals surface area contributed by atoms with Crippen LogP contribution in [0, 0.1) is 18.2 Å². The third-order valence-electron chi connectivity index (χ3n) is 3.83. The Labute approximate surface area is 153 Å². The number of hydrogen-bond acceptors (Lipinski definition) is 3. The van der Waals surface area contributed by atoms with Crippen molar-refractivity contribution in [1.29, 1.82) is 0 Å². The Kier molecular flexibility index (Phi) is 5.35. The van der Waals surface area contributed by atoms with Crippen LogP contribution < -0.4 is 10.7 Å². The normalized spacial score (nSPS) is 12.1. The van der Waals surface area contributed by atoms with E-state index in [4.69, 9.17) is 0 Å². The summed E-state index contributed by atoms with van der Waals surface area (Å²) in [6.07, 6.45) is 0.721. The molecular formula is C20H26FN3O2. The minimum Gasteiger partial charge on any atom is -0.346 e. The van der Waals surface area contributed by atoms with Crippen LogP contribution in [-0.2, 0) is 0 Å². The first-order valence-electron chi connectivity index (χ1n) is 8.58. The second kappa shape index (κ2) is 7.02. The van der Waals surface area contributed by atoms with Crippen molar-refractivity contribution >= 4 is 5.91 Å². The molecule has 0 fully saturated rings. The van der Waals surface area contributed by atoms with Crippen LogP contribution in [-0.4, -0.2) is 21.2 Å². The lowest BCUT2D eigenvalue weighted by molar-refractivity contribution is 0.0883. The molecule has 1 aromatic carbocycles. The number of nitrogens with one attached hydrogen (secondary N) is 1. The maximum absolute atomic E-state index is 14.1. The number of hydrogen-bond donors (Lipinski definition) is 1. The molecule has 5 nitrogen and oxygen atoms in total. The SMILES string of the molecule is Cc1cc(=O)c(C(=O)NC(C)(C)CC(C)(C)C)nn1-c1ccccc1F. The zero-order valence-corrected chi connectivity index (χ0v) is 16.2. The van der Waals surface area contributed by atoms with Gasteiger partial charge in [0.2, 0.25) is 5.43 Å².